The van der Waals surface area contributed by atoms with E-state index in [1.165, 1.54) is 18.2 Å². The summed E-state index contributed by atoms with van der Waals surface area (Å²) >= 11 is 7.44. The summed E-state index contributed by atoms with van der Waals surface area (Å²) in [6.45, 7) is 0. The van der Waals surface area contributed by atoms with Crippen LogP contribution in [0.2, 0.25) is 5.02 Å². The Balaban J connectivity index is 1.65. The third kappa shape index (κ3) is 4.58. The normalized spacial score (nSPS) is 15.5. The Morgan fingerprint density at radius 3 is 2.53 bits per heavy atom. The Morgan fingerprint density at radius 1 is 1.07 bits per heavy atom. The zero-order valence-corrected chi connectivity index (χ0v) is 18.8. The Kier molecular flexibility index (Phi) is 6.51. The molecule has 0 unspecified atom stereocenters. The van der Waals surface area contributed by atoms with E-state index < -0.39 is 9.84 Å². The van der Waals surface area contributed by atoms with Crippen molar-refractivity contribution >= 4 is 44.1 Å². The molecule has 0 bridgehead atoms. The molecule has 0 spiro atoms. The van der Waals surface area contributed by atoms with Crippen molar-refractivity contribution in [1.82, 2.24) is 9.55 Å². The third-order valence-electron chi connectivity index (χ3n) is 5.46. The lowest BCUT2D eigenvalue weighted by Crippen LogP contribution is -2.29. The summed E-state index contributed by atoms with van der Waals surface area (Å²) in [5.41, 5.74) is 0.477. The third-order valence-corrected chi connectivity index (χ3v) is 8.64. The highest BCUT2D eigenvalue weighted by Gasteiger charge is 2.23. The van der Waals surface area contributed by atoms with Crippen molar-refractivity contribution in [2.45, 2.75) is 48.2 Å². The first-order chi connectivity index (χ1) is 14.5. The summed E-state index contributed by atoms with van der Waals surface area (Å²) in [6, 6.07) is 13.7. The lowest BCUT2D eigenvalue weighted by atomic mass is 9.95. The molecule has 0 saturated heterocycles. The van der Waals surface area contributed by atoms with Gasteiger partial charge in [0.05, 0.1) is 21.6 Å². The molecule has 1 aromatic heterocycles. The minimum absolute atomic E-state index is 0.0181. The molecule has 0 amide bonds. The maximum Gasteiger partial charge on any atom is 0.262 e. The second-order valence-electron chi connectivity index (χ2n) is 7.50. The summed E-state index contributed by atoms with van der Waals surface area (Å²) < 4.78 is 27.0. The first kappa shape index (κ1) is 21.4. The van der Waals surface area contributed by atoms with Gasteiger partial charge in [0.15, 0.2) is 15.0 Å². The number of fused-ring (bicyclic) bond motifs is 1. The standard InChI is InChI=1S/C22H23ClN2O3S2/c23-16-11-12-19-20(15-16)24-22(25(21(19)26)17-7-3-1-4-8-17)29-13-14-30(27,28)18-9-5-2-6-10-18/h2,5-6,9-12,15,17H,1,3-4,7-8,13-14H2. The van der Waals surface area contributed by atoms with Crippen molar-refractivity contribution in [3.05, 3.63) is 63.9 Å². The van der Waals surface area contributed by atoms with Crippen LogP contribution in [0.5, 0.6) is 0 Å². The first-order valence-electron chi connectivity index (χ1n) is 10.1. The molecule has 0 N–H and O–H groups in total. The maximum absolute atomic E-state index is 13.3. The predicted octanol–water partition coefficient (Wildman–Crippen LogP) is 5.12. The van der Waals surface area contributed by atoms with Gasteiger partial charge in [-0.25, -0.2) is 13.4 Å². The van der Waals surface area contributed by atoms with E-state index in [-0.39, 0.29) is 17.4 Å². The van der Waals surface area contributed by atoms with E-state index in [9.17, 15) is 13.2 Å². The summed E-state index contributed by atoms with van der Waals surface area (Å²) in [5.74, 6) is 0.304. The molecule has 5 nitrogen and oxygen atoms in total. The van der Waals surface area contributed by atoms with Crippen LogP contribution in [-0.2, 0) is 9.84 Å². The van der Waals surface area contributed by atoms with Gasteiger partial charge in [-0.05, 0) is 43.2 Å². The van der Waals surface area contributed by atoms with Crippen LogP contribution >= 0.6 is 23.4 Å². The van der Waals surface area contributed by atoms with Crippen molar-refractivity contribution in [3.8, 4) is 0 Å². The molecule has 0 radical (unpaired) electrons. The van der Waals surface area contributed by atoms with E-state index in [0.29, 0.717) is 31.7 Å². The lowest BCUT2D eigenvalue weighted by molar-refractivity contribution is 0.326. The molecule has 8 heteroatoms. The summed E-state index contributed by atoms with van der Waals surface area (Å²) in [5, 5.41) is 1.64. The summed E-state index contributed by atoms with van der Waals surface area (Å²) in [7, 11) is -3.38. The van der Waals surface area contributed by atoms with Crippen LogP contribution in [0.1, 0.15) is 38.1 Å². The van der Waals surface area contributed by atoms with Gasteiger partial charge in [-0.2, -0.15) is 0 Å². The molecule has 1 heterocycles. The fraction of sp³-hybridized carbons (Fsp3) is 0.364. The van der Waals surface area contributed by atoms with E-state index in [2.05, 4.69) is 0 Å². The van der Waals surface area contributed by atoms with Gasteiger partial charge < -0.3 is 0 Å². The van der Waals surface area contributed by atoms with Gasteiger partial charge in [-0.15, -0.1) is 0 Å². The van der Waals surface area contributed by atoms with E-state index in [1.807, 2.05) is 0 Å². The number of hydrogen-bond acceptors (Lipinski definition) is 5. The number of rotatable bonds is 6. The highest BCUT2D eigenvalue weighted by molar-refractivity contribution is 8.00. The Labute approximate surface area is 185 Å². The number of nitrogens with zero attached hydrogens (tertiary/aromatic N) is 2. The van der Waals surface area contributed by atoms with Crippen LogP contribution in [0, 0.1) is 0 Å². The number of hydrogen-bond donors (Lipinski definition) is 0. The number of aromatic nitrogens is 2. The number of halogens is 1. The zero-order valence-electron chi connectivity index (χ0n) is 16.5. The van der Waals surface area contributed by atoms with Crippen LogP contribution in [-0.4, -0.2) is 29.5 Å². The molecule has 158 valence electrons. The van der Waals surface area contributed by atoms with E-state index in [4.69, 9.17) is 16.6 Å². The van der Waals surface area contributed by atoms with E-state index in [1.54, 1.807) is 53.1 Å². The van der Waals surface area contributed by atoms with Gasteiger partial charge in [-0.1, -0.05) is 60.8 Å². The van der Waals surface area contributed by atoms with Crippen LogP contribution in [0.15, 0.2) is 63.4 Å². The topological polar surface area (TPSA) is 69.0 Å². The predicted molar refractivity (Wildman–Crippen MR) is 122 cm³/mol. The van der Waals surface area contributed by atoms with Gasteiger partial charge in [0.2, 0.25) is 0 Å². The molecule has 4 rings (SSSR count). The first-order valence-corrected chi connectivity index (χ1v) is 13.1. The molecule has 1 fully saturated rings. The van der Waals surface area contributed by atoms with Crippen LogP contribution in [0.3, 0.4) is 0 Å². The molecule has 0 aliphatic heterocycles. The van der Waals surface area contributed by atoms with Crippen molar-refractivity contribution in [2.24, 2.45) is 0 Å². The number of thioether (sulfide) groups is 1. The number of sulfone groups is 1. The fourth-order valence-electron chi connectivity index (χ4n) is 3.90. The van der Waals surface area contributed by atoms with Gasteiger partial charge >= 0.3 is 0 Å². The molecule has 3 aromatic rings. The van der Waals surface area contributed by atoms with Gasteiger partial charge in [-0.3, -0.25) is 9.36 Å². The molecule has 1 saturated carbocycles. The maximum atomic E-state index is 13.3. The molecule has 2 aromatic carbocycles. The zero-order chi connectivity index (χ0) is 21.1. The van der Waals surface area contributed by atoms with Crippen molar-refractivity contribution < 1.29 is 8.42 Å². The monoisotopic (exact) mass is 462 g/mol. The minimum Gasteiger partial charge on any atom is -0.284 e. The average Bonchev–Trinajstić information content (AvgIpc) is 2.75. The molecule has 30 heavy (non-hydrogen) atoms. The van der Waals surface area contributed by atoms with Crippen molar-refractivity contribution in [3.63, 3.8) is 0 Å². The highest BCUT2D eigenvalue weighted by Crippen LogP contribution is 2.31. The number of benzene rings is 2. The highest BCUT2D eigenvalue weighted by atomic mass is 35.5. The van der Waals surface area contributed by atoms with Crippen LogP contribution < -0.4 is 5.56 Å². The minimum atomic E-state index is -3.38. The van der Waals surface area contributed by atoms with Crippen LogP contribution in [0.4, 0.5) is 0 Å². The quantitative estimate of drug-likeness (QED) is 0.375. The summed E-state index contributed by atoms with van der Waals surface area (Å²) in [4.78, 5) is 18.3. The smallest absolute Gasteiger partial charge is 0.262 e. The van der Waals surface area contributed by atoms with Gasteiger partial charge in [0.25, 0.3) is 5.56 Å². The summed E-state index contributed by atoms with van der Waals surface area (Å²) in [6.07, 6.45) is 5.23. The van der Waals surface area contributed by atoms with Crippen molar-refractivity contribution in [2.75, 3.05) is 11.5 Å². The molecule has 0 atom stereocenters. The SMILES string of the molecule is O=c1c2ccc(Cl)cc2nc(SCCS(=O)(=O)c2ccccc2)n1C1CCCCC1. The second-order valence-corrected chi connectivity index (χ2v) is 11.1. The molecule has 1 aliphatic carbocycles. The Hall–Kier alpha value is -1.83. The lowest BCUT2D eigenvalue weighted by Gasteiger charge is -2.26. The Morgan fingerprint density at radius 2 is 1.80 bits per heavy atom. The average molecular weight is 463 g/mol. The second kappa shape index (κ2) is 9.12. The molecular weight excluding hydrogens is 440 g/mol. The fourth-order valence-corrected chi connectivity index (χ4v) is 6.80. The Bertz CT molecular complexity index is 1200. The van der Waals surface area contributed by atoms with Crippen molar-refractivity contribution in [1.29, 1.82) is 0 Å². The van der Waals surface area contributed by atoms with E-state index in [0.717, 1.165) is 25.7 Å². The molecular formula is C22H23ClN2O3S2. The van der Waals surface area contributed by atoms with Crippen LogP contribution in [0.25, 0.3) is 10.9 Å². The van der Waals surface area contributed by atoms with Gasteiger partial charge in [0, 0.05) is 16.8 Å². The molecule has 1 aliphatic rings. The largest absolute Gasteiger partial charge is 0.284 e. The van der Waals surface area contributed by atoms with E-state index >= 15 is 0 Å². The van der Waals surface area contributed by atoms with Gasteiger partial charge in [0.1, 0.15) is 0 Å².